The Morgan fingerprint density at radius 1 is 1.33 bits per heavy atom. The van der Waals surface area contributed by atoms with Crippen molar-refractivity contribution in [3.8, 4) is 0 Å². The number of benzene rings is 1. The Labute approximate surface area is 123 Å². The van der Waals surface area contributed by atoms with Crippen LogP contribution in [-0.4, -0.2) is 37.9 Å². The maximum Gasteiger partial charge on any atom is 0.337 e. The summed E-state index contributed by atoms with van der Waals surface area (Å²) in [5, 5.41) is 5.57. The summed E-state index contributed by atoms with van der Waals surface area (Å²) < 4.78 is 10.1. The van der Waals surface area contributed by atoms with Gasteiger partial charge in [-0.1, -0.05) is 0 Å². The molecule has 1 fully saturated rings. The van der Waals surface area contributed by atoms with E-state index in [-0.39, 0.29) is 18.2 Å². The third-order valence-electron chi connectivity index (χ3n) is 3.45. The third kappa shape index (κ3) is 4.19. The van der Waals surface area contributed by atoms with E-state index in [1.165, 1.54) is 7.11 Å². The molecular formula is C15H20N2O4. The average Bonchev–Trinajstić information content (AvgIpc) is 3.01. The first-order valence-corrected chi connectivity index (χ1v) is 6.97. The van der Waals surface area contributed by atoms with E-state index in [2.05, 4.69) is 15.4 Å². The third-order valence-corrected chi connectivity index (χ3v) is 3.45. The number of hydrogen-bond acceptors (Lipinski definition) is 4. The molecule has 6 heteroatoms. The zero-order valence-corrected chi connectivity index (χ0v) is 12.2. The zero-order valence-electron chi connectivity index (χ0n) is 12.2. The van der Waals surface area contributed by atoms with Crippen molar-refractivity contribution in [3.05, 3.63) is 29.8 Å². The van der Waals surface area contributed by atoms with Gasteiger partial charge in [0.2, 0.25) is 0 Å². The molecule has 1 aliphatic rings. The summed E-state index contributed by atoms with van der Waals surface area (Å²) in [4.78, 5) is 23.2. The number of amides is 2. The average molecular weight is 292 g/mol. The Hall–Kier alpha value is -2.08. The van der Waals surface area contributed by atoms with Crippen LogP contribution in [0.2, 0.25) is 0 Å². The van der Waals surface area contributed by atoms with Gasteiger partial charge < -0.3 is 20.1 Å². The van der Waals surface area contributed by atoms with Gasteiger partial charge in [-0.3, -0.25) is 0 Å². The zero-order chi connectivity index (χ0) is 15.2. The minimum absolute atomic E-state index is 0.0400. The minimum Gasteiger partial charge on any atom is -0.465 e. The highest BCUT2D eigenvalue weighted by Crippen LogP contribution is 2.15. The Morgan fingerprint density at radius 3 is 2.62 bits per heavy atom. The number of urea groups is 1. The van der Waals surface area contributed by atoms with Crippen molar-refractivity contribution in [2.45, 2.75) is 31.9 Å². The lowest BCUT2D eigenvalue weighted by atomic mass is 10.1. The van der Waals surface area contributed by atoms with E-state index in [1.54, 1.807) is 24.3 Å². The maximum atomic E-state index is 11.9. The highest BCUT2D eigenvalue weighted by molar-refractivity contribution is 5.92. The first-order chi connectivity index (χ1) is 10.1. The molecule has 0 aromatic heterocycles. The Balaban J connectivity index is 1.85. The summed E-state index contributed by atoms with van der Waals surface area (Å²) in [5.41, 5.74) is 1.05. The fourth-order valence-electron chi connectivity index (χ4n) is 2.27. The van der Waals surface area contributed by atoms with Crippen molar-refractivity contribution in [1.82, 2.24) is 5.32 Å². The van der Waals surface area contributed by atoms with Crippen molar-refractivity contribution in [2.24, 2.45) is 0 Å². The molecule has 21 heavy (non-hydrogen) atoms. The first kappa shape index (κ1) is 15.3. The minimum atomic E-state index is -0.405. The van der Waals surface area contributed by atoms with E-state index in [9.17, 15) is 9.59 Å². The van der Waals surface area contributed by atoms with Gasteiger partial charge in [0, 0.05) is 12.3 Å². The van der Waals surface area contributed by atoms with Crippen molar-refractivity contribution in [1.29, 1.82) is 0 Å². The van der Waals surface area contributed by atoms with Gasteiger partial charge in [0.1, 0.15) is 0 Å². The van der Waals surface area contributed by atoms with Crippen LogP contribution in [0.5, 0.6) is 0 Å². The molecule has 0 radical (unpaired) electrons. The Morgan fingerprint density at radius 2 is 2.05 bits per heavy atom. The lowest BCUT2D eigenvalue weighted by molar-refractivity contribution is 0.0600. The quantitative estimate of drug-likeness (QED) is 0.834. The largest absolute Gasteiger partial charge is 0.465 e. The van der Waals surface area contributed by atoms with Gasteiger partial charge in [-0.2, -0.15) is 0 Å². The lowest BCUT2D eigenvalue weighted by Crippen LogP contribution is -2.42. The second kappa shape index (κ2) is 7.08. The van der Waals surface area contributed by atoms with Crippen LogP contribution in [0.4, 0.5) is 10.5 Å². The number of methoxy groups -OCH3 is 1. The molecule has 2 rings (SSSR count). The molecule has 1 aromatic rings. The smallest absolute Gasteiger partial charge is 0.337 e. The first-order valence-electron chi connectivity index (χ1n) is 6.97. The summed E-state index contributed by atoms with van der Waals surface area (Å²) in [6.45, 7) is 2.68. The van der Waals surface area contributed by atoms with Gasteiger partial charge in [-0.05, 0) is 44.0 Å². The van der Waals surface area contributed by atoms with Crippen LogP contribution in [0.15, 0.2) is 24.3 Å². The molecule has 2 N–H and O–H groups in total. The SMILES string of the molecule is COC(=O)c1ccc(NC(=O)N[C@H](C)[C@@H]2CCCO2)cc1. The van der Waals surface area contributed by atoms with Gasteiger partial charge in [0.15, 0.2) is 0 Å². The van der Waals surface area contributed by atoms with E-state index in [4.69, 9.17) is 4.74 Å². The predicted octanol–water partition coefficient (Wildman–Crippen LogP) is 2.16. The highest BCUT2D eigenvalue weighted by atomic mass is 16.5. The second-order valence-corrected chi connectivity index (χ2v) is 5.01. The summed E-state index contributed by atoms with van der Waals surface area (Å²) >= 11 is 0. The Bertz CT molecular complexity index is 495. The standard InChI is InChI=1S/C15H20N2O4/c1-10(13-4-3-9-21-13)16-15(19)17-12-7-5-11(6-8-12)14(18)20-2/h5-8,10,13H,3-4,9H2,1-2H3,(H2,16,17,19)/t10-,13+/m1/s1. The van der Waals surface area contributed by atoms with Crippen LogP contribution in [0, 0.1) is 0 Å². The summed E-state index contributed by atoms with van der Waals surface area (Å²) in [6.07, 6.45) is 2.08. The molecule has 114 valence electrons. The Kier molecular flexibility index (Phi) is 5.16. The van der Waals surface area contributed by atoms with Crippen LogP contribution in [0.1, 0.15) is 30.1 Å². The second-order valence-electron chi connectivity index (χ2n) is 5.01. The van der Waals surface area contributed by atoms with Crippen molar-refractivity contribution >= 4 is 17.7 Å². The molecule has 0 saturated carbocycles. The monoisotopic (exact) mass is 292 g/mol. The molecule has 1 aromatic carbocycles. The van der Waals surface area contributed by atoms with Crippen LogP contribution in [0.3, 0.4) is 0 Å². The molecular weight excluding hydrogens is 272 g/mol. The van der Waals surface area contributed by atoms with Crippen molar-refractivity contribution in [3.63, 3.8) is 0 Å². The summed E-state index contributed by atoms with van der Waals surface area (Å²) in [6, 6.07) is 6.19. The molecule has 2 amide bonds. The fourth-order valence-corrected chi connectivity index (χ4v) is 2.27. The number of rotatable bonds is 4. The number of nitrogens with one attached hydrogen (secondary N) is 2. The van der Waals surface area contributed by atoms with Gasteiger partial charge in [-0.15, -0.1) is 0 Å². The topological polar surface area (TPSA) is 76.7 Å². The van der Waals surface area contributed by atoms with Gasteiger partial charge in [0.25, 0.3) is 0 Å². The van der Waals surface area contributed by atoms with E-state index >= 15 is 0 Å². The van der Waals surface area contributed by atoms with Crippen LogP contribution >= 0.6 is 0 Å². The summed E-state index contributed by atoms with van der Waals surface area (Å²) in [5.74, 6) is -0.405. The molecule has 1 aliphatic heterocycles. The number of esters is 1. The van der Waals surface area contributed by atoms with Crippen LogP contribution in [0.25, 0.3) is 0 Å². The normalized spacial score (nSPS) is 18.9. The number of carbonyl (C=O) groups is 2. The molecule has 0 bridgehead atoms. The predicted molar refractivity (Wildman–Crippen MR) is 78.4 cm³/mol. The number of carbonyl (C=O) groups excluding carboxylic acids is 2. The maximum absolute atomic E-state index is 11.9. The molecule has 6 nitrogen and oxygen atoms in total. The van der Waals surface area contributed by atoms with Crippen molar-refractivity contribution in [2.75, 3.05) is 19.0 Å². The van der Waals surface area contributed by atoms with Crippen LogP contribution in [-0.2, 0) is 9.47 Å². The van der Waals surface area contributed by atoms with Gasteiger partial charge in [0.05, 0.1) is 24.8 Å². The van der Waals surface area contributed by atoms with E-state index in [0.717, 1.165) is 19.4 Å². The van der Waals surface area contributed by atoms with Gasteiger partial charge >= 0.3 is 12.0 Å². The fraction of sp³-hybridized carbons (Fsp3) is 0.467. The van der Waals surface area contributed by atoms with E-state index in [0.29, 0.717) is 11.3 Å². The lowest BCUT2D eigenvalue weighted by Gasteiger charge is -2.20. The highest BCUT2D eigenvalue weighted by Gasteiger charge is 2.23. The molecule has 2 atom stereocenters. The van der Waals surface area contributed by atoms with E-state index in [1.807, 2.05) is 6.92 Å². The molecule has 0 unspecified atom stereocenters. The van der Waals surface area contributed by atoms with Crippen molar-refractivity contribution < 1.29 is 19.1 Å². The number of ether oxygens (including phenoxy) is 2. The summed E-state index contributed by atoms with van der Waals surface area (Å²) in [7, 11) is 1.33. The molecule has 0 aliphatic carbocycles. The molecule has 1 saturated heterocycles. The van der Waals surface area contributed by atoms with E-state index < -0.39 is 5.97 Å². The number of anilines is 1. The van der Waals surface area contributed by atoms with Gasteiger partial charge in [-0.25, -0.2) is 9.59 Å². The number of hydrogen-bond donors (Lipinski definition) is 2. The molecule has 0 spiro atoms. The van der Waals surface area contributed by atoms with Crippen LogP contribution < -0.4 is 10.6 Å². The molecule has 1 heterocycles.